The molecule has 2 rings (SSSR count). The molecule has 4 heteroatoms. The van der Waals surface area contributed by atoms with Gasteiger partial charge in [-0.15, -0.1) is 0 Å². The second kappa shape index (κ2) is 6.29. The summed E-state index contributed by atoms with van der Waals surface area (Å²) >= 11 is 0. The van der Waals surface area contributed by atoms with Gasteiger partial charge in [-0.3, -0.25) is 0 Å². The average molecular weight is 250 g/mol. The maximum Gasteiger partial charge on any atom is 0.0968 e. The zero-order valence-electron chi connectivity index (χ0n) is 10.5. The van der Waals surface area contributed by atoms with Gasteiger partial charge in [0.15, 0.2) is 0 Å². The van der Waals surface area contributed by atoms with Crippen molar-refractivity contribution in [1.29, 1.82) is 0 Å². The largest absolute Gasteiger partial charge is 0.389 e. The summed E-state index contributed by atoms with van der Waals surface area (Å²) in [6, 6.07) is 9.33. The van der Waals surface area contributed by atoms with Crippen molar-refractivity contribution < 1.29 is 10.2 Å². The van der Waals surface area contributed by atoms with Gasteiger partial charge in [-0.05, 0) is 31.4 Å². The van der Waals surface area contributed by atoms with Gasteiger partial charge in [0, 0.05) is 12.1 Å². The monoisotopic (exact) mass is 250 g/mol. The van der Waals surface area contributed by atoms with Gasteiger partial charge in [-0.1, -0.05) is 30.3 Å². The summed E-state index contributed by atoms with van der Waals surface area (Å²) in [6.07, 6.45) is 0.844. The maximum absolute atomic E-state index is 10.1. The van der Waals surface area contributed by atoms with Crippen molar-refractivity contribution in [3.63, 3.8) is 0 Å². The van der Waals surface area contributed by atoms with E-state index in [2.05, 4.69) is 5.32 Å². The van der Waals surface area contributed by atoms with Crippen LogP contribution in [-0.4, -0.2) is 41.0 Å². The number of benzene rings is 1. The SMILES string of the molecule is N[C@@H](Cc1ccccc1)[C@@H](O)[C@H](O)[C@@H]1CCCN1. The molecule has 0 bridgehead atoms. The first-order chi connectivity index (χ1) is 8.68. The Labute approximate surface area is 108 Å². The number of hydrogen-bond acceptors (Lipinski definition) is 4. The molecule has 0 aromatic heterocycles. The third-order valence-electron chi connectivity index (χ3n) is 3.61. The van der Waals surface area contributed by atoms with E-state index in [0.29, 0.717) is 6.42 Å². The van der Waals surface area contributed by atoms with Crippen LogP contribution in [0.5, 0.6) is 0 Å². The lowest BCUT2D eigenvalue weighted by atomic mass is 9.94. The van der Waals surface area contributed by atoms with Crippen LogP contribution >= 0.6 is 0 Å². The van der Waals surface area contributed by atoms with Crippen LogP contribution in [0.15, 0.2) is 30.3 Å². The summed E-state index contributed by atoms with van der Waals surface area (Å²) in [5, 5.41) is 23.4. The molecule has 1 aliphatic heterocycles. The van der Waals surface area contributed by atoms with E-state index >= 15 is 0 Å². The molecular formula is C14H22N2O2. The lowest BCUT2D eigenvalue weighted by Crippen LogP contribution is -2.51. The maximum atomic E-state index is 10.1. The molecule has 0 saturated carbocycles. The van der Waals surface area contributed by atoms with Crippen LogP contribution in [0.3, 0.4) is 0 Å². The highest BCUT2D eigenvalue weighted by atomic mass is 16.3. The standard InChI is InChI=1S/C14H22N2O2/c15-11(9-10-5-2-1-3-6-10)13(17)14(18)12-7-4-8-16-12/h1-3,5-6,11-14,16-18H,4,7-9,15H2/t11-,12-,13+,14+/m0/s1. The van der Waals surface area contributed by atoms with Crippen LogP contribution in [0.25, 0.3) is 0 Å². The van der Waals surface area contributed by atoms with E-state index < -0.39 is 18.2 Å². The lowest BCUT2D eigenvalue weighted by molar-refractivity contribution is -0.0135. The first kappa shape index (κ1) is 13.5. The number of aliphatic hydroxyl groups is 2. The molecule has 1 aliphatic rings. The summed E-state index contributed by atoms with van der Waals surface area (Å²) in [6.45, 7) is 0.905. The Balaban J connectivity index is 1.89. The predicted octanol–water partition coefficient (Wildman–Crippen LogP) is 0.0302. The Hall–Kier alpha value is -0.940. The minimum Gasteiger partial charge on any atom is -0.389 e. The smallest absolute Gasteiger partial charge is 0.0968 e. The zero-order chi connectivity index (χ0) is 13.0. The second-order valence-electron chi connectivity index (χ2n) is 5.04. The molecule has 4 atom stereocenters. The molecule has 0 spiro atoms. The van der Waals surface area contributed by atoms with Crippen molar-refractivity contribution in [2.75, 3.05) is 6.54 Å². The molecule has 0 aliphatic carbocycles. The Kier molecular flexibility index (Phi) is 4.72. The summed E-state index contributed by atoms with van der Waals surface area (Å²) in [5.41, 5.74) is 7.06. The molecule has 1 saturated heterocycles. The van der Waals surface area contributed by atoms with Gasteiger partial charge in [0.2, 0.25) is 0 Å². The van der Waals surface area contributed by atoms with Crippen molar-refractivity contribution in [2.45, 2.75) is 43.6 Å². The van der Waals surface area contributed by atoms with Crippen LogP contribution in [0, 0.1) is 0 Å². The number of aliphatic hydroxyl groups excluding tert-OH is 2. The topological polar surface area (TPSA) is 78.5 Å². The summed E-state index contributed by atoms with van der Waals surface area (Å²) < 4.78 is 0. The summed E-state index contributed by atoms with van der Waals surface area (Å²) in [4.78, 5) is 0. The molecule has 1 aromatic carbocycles. The van der Waals surface area contributed by atoms with Gasteiger partial charge in [0.1, 0.15) is 0 Å². The highest BCUT2D eigenvalue weighted by molar-refractivity contribution is 5.16. The van der Waals surface area contributed by atoms with Gasteiger partial charge in [-0.2, -0.15) is 0 Å². The fraction of sp³-hybridized carbons (Fsp3) is 0.571. The second-order valence-corrected chi connectivity index (χ2v) is 5.04. The van der Waals surface area contributed by atoms with Crippen LogP contribution in [-0.2, 0) is 6.42 Å². The Morgan fingerprint density at radius 2 is 2.00 bits per heavy atom. The van der Waals surface area contributed by atoms with E-state index in [1.807, 2.05) is 30.3 Å². The van der Waals surface area contributed by atoms with E-state index in [4.69, 9.17) is 5.73 Å². The first-order valence-electron chi connectivity index (χ1n) is 6.57. The summed E-state index contributed by atoms with van der Waals surface area (Å²) in [7, 11) is 0. The fourth-order valence-corrected chi connectivity index (χ4v) is 2.50. The zero-order valence-corrected chi connectivity index (χ0v) is 10.5. The third kappa shape index (κ3) is 3.29. The van der Waals surface area contributed by atoms with Crippen molar-refractivity contribution >= 4 is 0 Å². The van der Waals surface area contributed by atoms with Crippen LogP contribution in [0.2, 0.25) is 0 Å². The molecule has 0 radical (unpaired) electrons. The normalized spacial score (nSPS) is 24.7. The van der Waals surface area contributed by atoms with E-state index in [9.17, 15) is 10.2 Å². The van der Waals surface area contributed by atoms with Crippen molar-refractivity contribution in [2.24, 2.45) is 5.73 Å². The van der Waals surface area contributed by atoms with Gasteiger partial charge < -0.3 is 21.3 Å². The minimum absolute atomic E-state index is 0.0261. The van der Waals surface area contributed by atoms with E-state index in [1.165, 1.54) is 0 Å². The van der Waals surface area contributed by atoms with Gasteiger partial charge >= 0.3 is 0 Å². The molecule has 18 heavy (non-hydrogen) atoms. The average Bonchev–Trinajstić information content (AvgIpc) is 2.92. The number of hydrogen-bond donors (Lipinski definition) is 4. The molecule has 1 aromatic rings. The van der Waals surface area contributed by atoms with Crippen LogP contribution < -0.4 is 11.1 Å². The highest BCUT2D eigenvalue weighted by Gasteiger charge is 2.31. The molecule has 100 valence electrons. The third-order valence-corrected chi connectivity index (χ3v) is 3.61. The molecule has 1 heterocycles. The number of nitrogens with one attached hydrogen (secondary N) is 1. The molecular weight excluding hydrogens is 228 g/mol. The van der Waals surface area contributed by atoms with Gasteiger partial charge in [0.05, 0.1) is 12.2 Å². The molecule has 1 fully saturated rings. The summed E-state index contributed by atoms with van der Waals surface area (Å²) in [5.74, 6) is 0. The fourth-order valence-electron chi connectivity index (χ4n) is 2.50. The van der Waals surface area contributed by atoms with Gasteiger partial charge in [-0.25, -0.2) is 0 Å². The first-order valence-corrected chi connectivity index (χ1v) is 6.57. The Morgan fingerprint density at radius 3 is 2.61 bits per heavy atom. The van der Waals surface area contributed by atoms with Crippen molar-refractivity contribution in [3.05, 3.63) is 35.9 Å². The highest BCUT2D eigenvalue weighted by Crippen LogP contribution is 2.15. The van der Waals surface area contributed by atoms with Crippen LogP contribution in [0.4, 0.5) is 0 Å². The van der Waals surface area contributed by atoms with E-state index in [0.717, 1.165) is 24.9 Å². The van der Waals surface area contributed by atoms with Crippen molar-refractivity contribution in [1.82, 2.24) is 5.32 Å². The molecule has 0 unspecified atom stereocenters. The number of nitrogens with two attached hydrogens (primary N) is 1. The quantitative estimate of drug-likeness (QED) is 0.594. The Bertz CT molecular complexity index is 352. The molecule has 4 nitrogen and oxygen atoms in total. The predicted molar refractivity (Wildman–Crippen MR) is 71.2 cm³/mol. The van der Waals surface area contributed by atoms with E-state index in [-0.39, 0.29) is 6.04 Å². The molecule has 0 amide bonds. The van der Waals surface area contributed by atoms with Crippen molar-refractivity contribution in [3.8, 4) is 0 Å². The lowest BCUT2D eigenvalue weighted by Gasteiger charge is -2.28. The molecule has 5 N–H and O–H groups in total. The van der Waals surface area contributed by atoms with E-state index in [1.54, 1.807) is 0 Å². The van der Waals surface area contributed by atoms with Crippen LogP contribution in [0.1, 0.15) is 18.4 Å². The Morgan fingerprint density at radius 1 is 1.28 bits per heavy atom. The van der Waals surface area contributed by atoms with Gasteiger partial charge in [0.25, 0.3) is 0 Å². The number of rotatable bonds is 5. The minimum atomic E-state index is -0.888.